The molecular formula is C16H30N2O2. The number of methoxy groups -OCH3 is 1. The van der Waals surface area contributed by atoms with Crippen LogP contribution in [0.1, 0.15) is 45.4 Å². The molecule has 3 aliphatic heterocycles. The van der Waals surface area contributed by atoms with Gasteiger partial charge in [-0.25, -0.2) is 0 Å². The minimum absolute atomic E-state index is 0.0372. The molecule has 3 rings (SSSR count). The van der Waals surface area contributed by atoms with Gasteiger partial charge in [-0.05, 0) is 38.6 Å². The van der Waals surface area contributed by atoms with Crippen molar-refractivity contribution in [1.82, 2.24) is 10.2 Å². The molecule has 4 nitrogen and oxygen atoms in total. The van der Waals surface area contributed by atoms with Gasteiger partial charge in [-0.1, -0.05) is 6.92 Å². The normalized spacial score (nSPS) is 41.4. The van der Waals surface area contributed by atoms with Crippen LogP contribution in [0.5, 0.6) is 0 Å². The third-order valence-electron chi connectivity index (χ3n) is 5.54. The number of nitrogens with one attached hydrogen (secondary N) is 1. The van der Waals surface area contributed by atoms with E-state index in [1.165, 1.54) is 38.6 Å². The van der Waals surface area contributed by atoms with Crippen molar-refractivity contribution < 1.29 is 9.47 Å². The fourth-order valence-corrected chi connectivity index (χ4v) is 4.32. The van der Waals surface area contributed by atoms with Crippen LogP contribution in [0, 0.1) is 0 Å². The fourth-order valence-electron chi connectivity index (χ4n) is 4.32. The number of hydrogen-bond donors (Lipinski definition) is 1. The van der Waals surface area contributed by atoms with Gasteiger partial charge in [0.1, 0.15) is 5.60 Å². The maximum atomic E-state index is 5.84. The number of rotatable bonds is 6. The highest BCUT2D eigenvalue weighted by atomic mass is 16.5. The second-order valence-electron chi connectivity index (χ2n) is 6.87. The van der Waals surface area contributed by atoms with Gasteiger partial charge in [0.15, 0.2) is 0 Å². The highest BCUT2D eigenvalue weighted by Crippen LogP contribution is 2.38. The van der Waals surface area contributed by atoms with E-state index in [1.807, 2.05) is 7.11 Å². The molecule has 3 unspecified atom stereocenters. The first kappa shape index (κ1) is 14.8. The van der Waals surface area contributed by atoms with Gasteiger partial charge in [-0.2, -0.15) is 0 Å². The summed E-state index contributed by atoms with van der Waals surface area (Å²) in [7, 11) is 1.85. The molecule has 0 saturated carbocycles. The zero-order valence-electron chi connectivity index (χ0n) is 13.1. The van der Waals surface area contributed by atoms with Gasteiger partial charge < -0.3 is 14.8 Å². The predicted octanol–water partition coefficient (Wildman–Crippen LogP) is 1.79. The Kier molecular flexibility index (Phi) is 4.65. The quantitative estimate of drug-likeness (QED) is 0.805. The van der Waals surface area contributed by atoms with Gasteiger partial charge in [0, 0.05) is 44.8 Å². The molecule has 1 N–H and O–H groups in total. The van der Waals surface area contributed by atoms with E-state index in [9.17, 15) is 0 Å². The second-order valence-corrected chi connectivity index (χ2v) is 6.87. The van der Waals surface area contributed by atoms with Crippen LogP contribution in [-0.2, 0) is 9.47 Å². The summed E-state index contributed by atoms with van der Waals surface area (Å²) in [6, 6.07) is 2.26. The van der Waals surface area contributed by atoms with Crippen LogP contribution in [0.4, 0.5) is 0 Å². The van der Waals surface area contributed by atoms with Crippen molar-refractivity contribution in [3.63, 3.8) is 0 Å². The lowest BCUT2D eigenvalue weighted by molar-refractivity contribution is -0.0577. The van der Waals surface area contributed by atoms with Crippen LogP contribution in [-0.4, -0.2) is 62.0 Å². The Hall–Kier alpha value is -0.160. The molecule has 3 saturated heterocycles. The molecule has 3 fully saturated rings. The van der Waals surface area contributed by atoms with Crippen LogP contribution in [0.3, 0.4) is 0 Å². The molecule has 0 spiro atoms. The topological polar surface area (TPSA) is 33.7 Å². The van der Waals surface area contributed by atoms with Crippen LogP contribution in [0.2, 0.25) is 0 Å². The molecule has 3 heterocycles. The number of nitrogens with zero attached hydrogens (tertiary/aromatic N) is 1. The summed E-state index contributed by atoms with van der Waals surface area (Å²) in [4.78, 5) is 2.74. The molecule has 0 aromatic heterocycles. The zero-order chi connectivity index (χ0) is 14.0. The maximum absolute atomic E-state index is 5.84. The minimum Gasteiger partial charge on any atom is -0.378 e. The van der Waals surface area contributed by atoms with Crippen molar-refractivity contribution >= 4 is 0 Å². The Morgan fingerprint density at radius 2 is 2.05 bits per heavy atom. The van der Waals surface area contributed by atoms with E-state index in [0.717, 1.165) is 44.3 Å². The first-order valence-electron chi connectivity index (χ1n) is 8.38. The van der Waals surface area contributed by atoms with E-state index in [4.69, 9.17) is 9.47 Å². The van der Waals surface area contributed by atoms with Gasteiger partial charge in [0.05, 0.1) is 6.61 Å². The average Bonchev–Trinajstić information content (AvgIpc) is 3.01. The zero-order valence-corrected chi connectivity index (χ0v) is 13.1. The third-order valence-corrected chi connectivity index (χ3v) is 5.54. The van der Waals surface area contributed by atoms with Gasteiger partial charge in [-0.3, -0.25) is 4.90 Å². The molecule has 0 aromatic rings. The van der Waals surface area contributed by atoms with E-state index >= 15 is 0 Å². The Bertz CT molecular complexity index is 304. The van der Waals surface area contributed by atoms with Gasteiger partial charge in [0.25, 0.3) is 0 Å². The highest BCUT2D eigenvalue weighted by molar-refractivity contribution is 5.01. The average molecular weight is 282 g/mol. The van der Waals surface area contributed by atoms with Crippen molar-refractivity contribution in [3.8, 4) is 0 Å². The molecule has 0 aromatic carbocycles. The van der Waals surface area contributed by atoms with Crippen LogP contribution in [0.25, 0.3) is 0 Å². The van der Waals surface area contributed by atoms with Crippen LogP contribution >= 0.6 is 0 Å². The molecule has 4 heteroatoms. The number of ether oxygens (including phenoxy) is 2. The summed E-state index contributed by atoms with van der Waals surface area (Å²) in [5.74, 6) is 0. The van der Waals surface area contributed by atoms with Crippen molar-refractivity contribution in [2.45, 2.75) is 69.2 Å². The minimum atomic E-state index is -0.0372. The Labute approximate surface area is 123 Å². The molecule has 0 aliphatic carbocycles. The summed E-state index contributed by atoms with van der Waals surface area (Å²) in [5, 5.41) is 3.73. The largest absolute Gasteiger partial charge is 0.378 e. The molecule has 3 aliphatic rings. The summed E-state index contributed by atoms with van der Waals surface area (Å²) in [6.07, 6.45) is 7.66. The summed E-state index contributed by atoms with van der Waals surface area (Å²) in [6.45, 7) is 6.12. The van der Waals surface area contributed by atoms with E-state index in [-0.39, 0.29) is 5.60 Å². The Morgan fingerprint density at radius 1 is 1.30 bits per heavy atom. The molecule has 20 heavy (non-hydrogen) atoms. The molecule has 0 radical (unpaired) electrons. The molecule has 116 valence electrons. The smallest absolute Gasteiger partial charge is 0.106 e. The van der Waals surface area contributed by atoms with Crippen LogP contribution < -0.4 is 5.32 Å². The number of hydrogen-bond acceptors (Lipinski definition) is 4. The lowest BCUT2D eigenvalue weighted by Gasteiger charge is -2.43. The third kappa shape index (κ3) is 2.89. The standard InChI is InChI=1S/C16H30N2O2/c1-3-7-17-13-9-14-4-5-15(10-13)18(14)11-16(19-2)6-8-20-12-16/h13-15,17H,3-12H2,1-2H3. The summed E-state index contributed by atoms with van der Waals surface area (Å²) < 4.78 is 11.4. The van der Waals surface area contributed by atoms with Crippen molar-refractivity contribution in [3.05, 3.63) is 0 Å². The van der Waals surface area contributed by atoms with Gasteiger partial charge in [0.2, 0.25) is 0 Å². The van der Waals surface area contributed by atoms with E-state index in [1.54, 1.807) is 0 Å². The van der Waals surface area contributed by atoms with Crippen molar-refractivity contribution in [1.29, 1.82) is 0 Å². The van der Waals surface area contributed by atoms with E-state index in [0.29, 0.717) is 0 Å². The first-order valence-corrected chi connectivity index (χ1v) is 8.38. The monoisotopic (exact) mass is 282 g/mol. The number of fused-ring (bicyclic) bond motifs is 2. The molecule has 2 bridgehead atoms. The first-order chi connectivity index (χ1) is 9.76. The van der Waals surface area contributed by atoms with Gasteiger partial charge in [-0.15, -0.1) is 0 Å². The van der Waals surface area contributed by atoms with Gasteiger partial charge >= 0.3 is 0 Å². The Morgan fingerprint density at radius 3 is 2.60 bits per heavy atom. The SMILES string of the molecule is CCCNC1CC2CCC(C1)N2CC1(OC)CCOC1. The molecule has 0 amide bonds. The summed E-state index contributed by atoms with van der Waals surface area (Å²) >= 11 is 0. The summed E-state index contributed by atoms with van der Waals surface area (Å²) in [5.41, 5.74) is -0.0372. The number of piperidine rings is 1. The second kappa shape index (κ2) is 6.30. The van der Waals surface area contributed by atoms with E-state index < -0.39 is 0 Å². The predicted molar refractivity (Wildman–Crippen MR) is 80.0 cm³/mol. The fraction of sp³-hybridized carbons (Fsp3) is 1.00. The van der Waals surface area contributed by atoms with Crippen LogP contribution in [0.15, 0.2) is 0 Å². The van der Waals surface area contributed by atoms with Crippen molar-refractivity contribution in [2.24, 2.45) is 0 Å². The highest BCUT2D eigenvalue weighted by Gasteiger charge is 2.45. The van der Waals surface area contributed by atoms with Crippen molar-refractivity contribution in [2.75, 3.05) is 33.4 Å². The lowest BCUT2D eigenvalue weighted by Crippen LogP contribution is -2.55. The molecular weight excluding hydrogens is 252 g/mol. The lowest BCUT2D eigenvalue weighted by atomic mass is 9.93. The molecule has 3 atom stereocenters. The Balaban J connectivity index is 1.59. The maximum Gasteiger partial charge on any atom is 0.106 e. The van der Waals surface area contributed by atoms with E-state index in [2.05, 4.69) is 17.1 Å².